The number of halogens is 1. The summed E-state index contributed by atoms with van der Waals surface area (Å²) in [5.74, 6) is -0.964. The Hall–Kier alpha value is -1.16. The number of carbonyl (C=O) groups excluding carboxylic acids is 1. The maximum Gasteiger partial charge on any atom is 0.372 e. The van der Waals surface area contributed by atoms with Crippen molar-refractivity contribution in [2.24, 2.45) is 0 Å². The zero-order valence-corrected chi connectivity index (χ0v) is 7.94. The van der Waals surface area contributed by atoms with Crippen LogP contribution in [0.5, 0.6) is 0 Å². The number of rotatable bonds is 3. The second kappa shape index (κ2) is 4.77. The van der Waals surface area contributed by atoms with Crippen molar-refractivity contribution in [3.05, 3.63) is 34.0 Å². The lowest BCUT2D eigenvalue weighted by atomic mass is 10.2. The van der Waals surface area contributed by atoms with Gasteiger partial charge in [0, 0.05) is 21.9 Å². The van der Waals surface area contributed by atoms with Crippen LogP contribution in [0.1, 0.15) is 10.4 Å². The van der Waals surface area contributed by atoms with Gasteiger partial charge in [0.2, 0.25) is 0 Å². The molecule has 0 atom stereocenters. The van der Waals surface area contributed by atoms with E-state index in [9.17, 15) is 9.32 Å². The molecule has 1 heterocycles. The van der Waals surface area contributed by atoms with Crippen molar-refractivity contribution in [2.75, 3.05) is 0 Å². The first kappa shape index (κ1) is 9.92. The van der Waals surface area contributed by atoms with Gasteiger partial charge in [0.25, 0.3) is 0 Å². The smallest absolute Gasteiger partial charge is 0.250 e. The molecule has 13 heavy (non-hydrogen) atoms. The van der Waals surface area contributed by atoms with Crippen molar-refractivity contribution in [2.45, 2.75) is 13.3 Å². The zero-order chi connectivity index (χ0) is 9.68. The van der Waals surface area contributed by atoms with E-state index in [-0.39, 0.29) is 0 Å². The number of carbonyl (C=O) groups is 1. The fourth-order valence-corrected chi connectivity index (χ4v) is 1.78. The second-order valence-corrected chi connectivity index (χ2v) is 3.53. The van der Waals surface area contributed by atoms with E-state index in [1.165, 1.54) is 10.4 Å². The summed E-state index contributed by atoms with van der Waals surface area (Å²) < 4.78 is 11.2. The normalized spacial score (nSPS) is 10.6. The molecule has 0 saturated heterocycles. The Labute approximate surface area is 79.5 Å². The molecule has 0 radical (unpaired) electrons. The minimum atomic E-state index is -0.964. The first-order chi connectivity index (χ1) is 6.24. The second-order valence-electron chi connectivity index (χ2n) is 2.53. The van der Waals surface area contributed by atoms with E-state index in [0.29, 0.717) is 6.42 Å². The van der Waals surface area contributed by atoms with Crippen LogP contribution in [0.2, 0.25) is 0 Å². The molecule has 70 valence electrons. The average molecular weight is 200 g/mol. The molecule has 0 N–H and O–H groups in total. The highest BCUT2D eigenvalue weighted by molar-refractivity contribution is 7.10. The molecule has 4 heteroatoms. The van der Waals surface area contributed by atoms with Crippen LogP contribution < -0.4 is 0 Å². The molecular weight excluding hydrogens is 191 g/mol. The number of allylic oxidation sites excluding steroid dienone is 1. The maximum atomic E-state index is 11.2. The van der Waals surface area contributed by atoms with E-state index in [0.717, 1.165) is 6.08 Å². The Bertz CT molecular complexity index is 317. The molecule has 0 bridgehead atoms. The topological polar surface area (TPSA) is 26.3 Å². The predicted octanol–water partition coefficient (Wildman–Crippen LogP) is 2.58. The van der Waals surface area contributed by atoms with E-state index in [2.05, 4.69) is 4.94 Å². The molecule has 2 nitrogen and oxygen atoms in total. The van der Waals surface area contributed by atoms with Crippen molar-refractivity contribution in [1.29, 1.82) is 0 Å². The van der Waals surface area contributed by atoms with Crippen LogP contribution in [0.15, 0.2) is 23.6 Å². The summed E-state index contributed by atoms with van der Waals surface area (Å²) in [5, 5.41) is 1.98. The third kappa shape index (κ3) is 2.99. The van der Waals surface area contributed by atoms with Crippen molar-refractivity contribution in [3.8, 4) is 0 Å². The number of hydrogen-bond donors (Lipinski definition) is 0. The highest BCUT2D eigenvalue weighted by atomic mass is 32.1. The highest BCUT2D eigenvalue weighted by Gasteiger charge is 1.98. The van der Waals surface area contributed by atoms with Crippen LogP contribution in [-0.4, -0.2) is 5.97 Å². The molecule has 1 rings (SSSR count). The third-order valence-electron chi connectivity index (χ3n) is 1.60. The molecule has 1 aromatic heterocycles. The summed E-state index contributed by atoms with van der Waals surface area (Å²) >= 11 is 1.61. The lowest BCUT2D eigenvalue weighted by molar-refractivity contribution is -0.176. The summed E-state index contributed by atoms with van der Waals surface area (Å²) in [6, 6.07) is 2.00. The minimum absolute atomic E-state index is 0.638. The summed E-state index contributed by atoms with van der Waals surface area (Å²) in [6.45, 7) is 1.99. The fourth-order valence-electron chi connectivity index (χ4n) is 0.901. The van der Waals surface area contributed by atoms with E-state index < -0.39 is 5.97 Å². The van der Waals surface area contributed by atoms with E-state index >= 15 is 0 Å². The van der Waals surface area contributed by atoms with E-state index in [4.69, 9.17) is 0 Å². The molecular formula is C9H9FO2S. The van der Waals surface area contributed by atoms with Gasteiger partial charge in [-0.25, -0.2) is 4.79 Å². The van der Waals surface area contributed by atoms with E-state index in [1.807, 2.05) is 18.4 Å². The van der Waals surface area contributed by atoms with Crippen LogP contribution in [-0.2, 0) is 16.2 Å². The van der Waals surface area contributed by atoms with Crippen LogP contribution >= 0.6 is 11.3 Å². The minimum Gasteiger partial charge on any atom is -0.250 e. The van der Waals surface area contributed by atoms with Gasteiger partial charge in [-0.05, 0) is 23.9 Å². The van der Waals surface area contributed by atoms with Crippen molar-refractivity contribution >= 4 is 17.3 Å². The highest BCUT2D eigenvalue weighted by Crippen LogP contribution is 2.16. The summed E-state index contributed by atoms with van der Waals surface area (Å²) in [7, 11) is 0. The van der Waals surface area contributed by atoms with Gasteiger partial charge in [0.05, 0.1) is 0 Å². The molecule has 0 unspecified atom stereocenters. The molecule has 0 amide bonds. The fraction of sp³-hybridized carbons (Fsp3) is 0.222. The van der Waals surface area contributed by atoms with E-state index in [1.54, 1.807) is 17.4 Å². The Morgan fingerprint density at radius 2 is 2.54 bits per heavy atom. The van der Waals surface area contributed by atoms with Crippen LogP contribution in [0.3, 0.4) is 0 Å². The standard InChI is InChI=1S/C9H9FO2S/c1-7-5-6-13-8(7)3-2-4-9(11)12-10/h2,4-6H,3H2,1H3. The van der Waals surface area contributed by atoms with Gasteiger partial charge in [-0.1, -0.05) is 6.08 Å². The summed E-state index contributed by atoms with van der Waals surface area (Å²) in [5.41, 5.74) is 1.18. The summed E-state index contributed by atoms with van der Waals surface area (Å²) in [4.78, 5) is 14.5. The Morgan fingerprint density at radius 1 is 1.77 bits per heavy atom. The molecule has 0 saturated carbocycles. The Morgan fingerprint density at radius 3 is 3.08 bits per heavy atom. The third-order valence-corrected chi connectivity index (χ3v) is 2.65. The Balaban J connectivity index is 2.48. The lowest BCUT2D eigenvalue weighted by Gasteiger charge is -1.91. The SMILES string of the molecule is Cc1ccsc1CC=CC(=O)OF. The first-order valence-corrected chi connectivity index (χ1v) is 4.64. The molecule has 0 aliphatic heterocycles. The van der Waals surface area contributed by atoms with Gasteiger partial charge < -0.3 is 0 Å². The van der Waals surface area contributed by atoms with Gasteiger partial charge in [-0.2, -0.15) is 0 Å². The number of aryl methyl sites for hydroxylation is 1. The lowest BCUT2D eigenvalue weighted by Crippen LogP contribution is -1.90. The molecule has 0 aliphatic carbocycles. The van der Waals surface area contributed by atoms with Crippen LogP contribution in [0, 0.1) is 6.92 Å². The van der Waals surface area contributed by atoms with Gasteiger partial charge >= 0.3 is 5.97 Å². The molecule has 0 aliphatic rings. The quantitative estimate of drug-likeness (QED) is 0.701. The van der Waals surface area contributed by atoms with Gasteiger partial charge in [0.15, 0.2) is 0 Å². The predicted molar refractivity (Wildman–Crippen MR) is 49.1 cm³/mol. The van der Waals surface area contributed by atoms with Crippen LogP contribution in [0.25, 0.3) is 0 Å². The summed E-state index contributed by atoms with van der Waals surface area (Å²) in [6.07, 6.45) is 3.30. The molecule has 0 fully saturated rings. The van der Waals surface area contributed by atoms with Crippen molar-refractivity contribution < 1.29 is 14.3 Å². The van der Waals surface area contributed by atoms with Gasteiger partial charge in [-0.3, -0.25) is 4.94 Å². The molecule has 1 aromatic rings. The first-order valence-electron chi connectivity index (χ1n) is 3.76. The molecule has 0 aromatic carbocycles. The monoisotopic (exact) mass is 200 g/mol. The van der Waals surface area contributed by atoms with Gasteiger partial charge in [0.1, 0.15) is 0 Å². The van der Waals surface area contributed by atoms with Gasteiger partial charge in [-0.15, -0.1) is 11.3 Å². The zero-order valence-electron chi connectivity index (χ0n) is 7.12. The largest absolute Gasteiger partial charge is 0.372 e. The molecule has 0 spiro atoms. The number of hydrogen-bond acceptors (Lipinski definition) is 3. The van der Waals surface area contributed by atoms with Crippen molar-refractivity contribution in [1.82, 2.24) is 0 Å². The average Bonchev–Trinajstić information content (AvgIpc) is 2.52. The number of thiophene rings is 1. The van der Waals surface area contributed by atoms with Crippen LogP contribution in [0.4, 0.5) is 4.53 Å². The van der Waals surface area contributed by atoms with Crippen molar-refractivity contribution in [3.63, 3.8) is 0 Å². The maximum absolute atomic E-state index is 11.2. The Kier molecular flexibility index (Phi) is 3.64.